The molecule has 5 atom stereocenters. The van der Waals surface area contributed by atoms with Crippen molar-refractivity contribution in [1.29, 1.82) is 0 Å². The van der Waals surface area contributed by atoms with Gasteiger partial charge in [0.25, 0.3) is 0 Å². The molecule has 0 spiro atoms. The predicted molar refractivity (Wildman–Crippen MR) is 81.6 cm³/mol. The Kier molecular flexibility index (Phi) is 2.68. The number of carbonyl (C=O) groups is 2. The lowest BCUT2D eigenvalue weighted by Crippen LogP contribution is -2.49. The lowest BCUT2D eigenvalue weighted by atomic mass is 9.49. The van der Waals surface area contributed by atoms with Gasteiger partial charge in [-0.2, -0.15) is 0 Å². The minimum Gasteiger partial charge on any atom is -0.299 e. The Morgan fingerprint density at radius 3 is 2.57 bits per heavy atom. The van der Waals surface area contributed by atoms with Gasteiger partial charge >= 0.3 is 0 Å². The number of allylic oxidation sites excluding steroid dienone is 4. The van der Waals surface area contributed by atoms with Crippen molar-refractivity contribution >= 4 is 11.6 Å². The van der Waals surface area contributed by atoms with Crippen molar-refractivity contribution in [2.75, 3.05) is 0 Å². The second kappa shape index (κ2) is 4.18. The highest BCUT2D eigenvalue weighted by molar-refractivity contribution is 5.92. The largest absolute Gasteiger partial charge is 0.299 e. The van der Waals surface area contributed by atoms with Crippen molar-refractivity contribution in [3.63, 3.8) is 0 Å². The van der Waals surface area contributed by atoms with Crippen LogP contribution in [-0.4, -0.2) is 11.6 Å². The molecule has 0 radical (unpaired) electrons. The van der Waals surface area contributed by atoms with Crippen molar-refractivity contribution in [2.45, 2.75) is 52.4 Å². The molecule has 0 saturated heterocycles. The van der Waals surface area contributed by atoms with Gasteiger partial charge in [0.1, 0.15) is 5.78 Å². The Bertz CT molecular complexity index is 584. The fraction of sp³-hybridized carbons (Fsp3) is 0.684. The van der Waals surface area contributed by atoms with Crippen molar-refractivity contribution in [1.82, 2.24) is 0 Å². The van der Waals surface area contributed by atoms with Gasteiger partial charge < -0.3 is 0 Å². The summed E-state index contributed by atoms with van der Waals surface area (Å²) in [6, 6.07) is 0. The summed E-state index contributed by atoms with van der Waals surface area (Å²) < 4.78 is 0. The number of hydrogen-bond acceptors (Lipinski definition) is 2. The average molecular weight is 284 g/mol. The summed E-state index contributed by atoms with van der Waals surface area (Å²) in [5, 5.41) is 0. The highest BCUT2D eigenvalue weighted by Crippen LogP contribution is 2.62. The van der Waals surface area contributed by atoms with Crippen molar-refractivity contribution in [2.24, 2.45) is 28.6 Å². The van der Waals surface area contributed by atoms with Crippen LogP contribution >= 0.6 is 0 Å². The van der Waals surface area contributed by atoms with Crippen LogP contribution in [0.4, 0.5) is 0 Å². The molecular formula is C19H24O2. The molecule has 21 heavy (non-hydrogen) atoms. The highest BCUT2D eigenvalue weighted by Gasteiger charge is 2.57. The second-order valence-corrected chi connectivity index (χ2v) is 8.05. The van der Waals surface area contributed by atoms with Gasteiger partial charge in [0.15, 0.2) is 5.78 Å². The van der Waals surface area contributed by atoms with E-state index in [4.69, 9.17) is 0 Å². The van der Waals surface area contributed by atoms with Gasteiger partial charge in [-0.15, -0.1) is 0 Å². The van der Waals surface area contributed by atoms with E-state index in [1.54, 1.807) is 0 Å². The van der Waals surface area contributed by atoms with E-state index in [0.717, 1.165) is 32.1 Å². The van der Waals surface area contributed by atoms with Crippen molar-refractivity contribution in [3.8, 4) is 0 Å². The summed E-state index contributed by atoms with van der Waals surface area (Å²) in [6.07, 6.45) is 12.1. The molecule has 2 unspecified atom stereocenters. The fourth-order valence-corrected chi connectivity index (χ4v) is 5.77. The Hall–Kier alpha value is -1.18. The number of hydrogen-bond donors (Lipinski definition) is 0. The van der Waals surface area contributed by atoms with Crippen LogP contribution in [0.1, 0.15) is 52.4 Å². The minimum absolute atomic E-state index is 0.0758. The van der Waals surface area contributed by atoms with E-state index in [-0.39, 0.29) is 16.6 Å². The van der Waals surface area contributed by atoms with E-state index in [2.05, 4.69) is 26.0 Å². The summed E-state index contributed by atoms with van der Waals surface area (Å²) >= 11 is 0. The van der Waals surface area contributed by atoms with E-state index in [1.165, 1.54) is 5.57 Å². The first-order valence-corrected chi connectivity index (χ1v) is 8.42. The van der Waals surface area contributed by atoms with Crippen LogP contribution in [0.3, 0.4) is 0 Å². The van der Waals surface area contributed by atoms with Crippen LogP contribution in [0.15, 0.2) is 23.8 Å². The zero-order valence-electron chi connectivity index (χ0n) is 13.0. The summed E-state index contributed by atoms with van der Waals surface area (Å²) in [7, 11) is 0. The molecule has 4 rings (SSSR count). The first kappa shape index (κ1) is 13.5. The van der Waals surface area contributed by atoms with Gasteiger partial charge in [0.05, 0.1) is 0 Å². The quantitative estimate of drug-likeness (QED) is 0.677. The van der Waals surface area contributed by atoms with Crippen molar-refractivity contribution < 1.29 is 9.59 Å². The Morgan fingerprint density at radius 1 is 1.00 bits per heavy atom. The van der Waals surface area contributed by atoms with E-state index in [9.17, 15) is 9.59 Å². The first-order valence-electron chi connectivity index (χ1n) is 8.42. The molecule has 0 aromatic carbocycles. The molecule has 0 bridgehead atoms. The molecule has 4 aliphatic rings. The normalized spacial score (nSPS) is 48.5. The van der Waals surface area contributed by atoms with E-state index >= 15 is 0 Å². The van der Waals surface area contributed by atoms with E-state index in [1.807, 2.05) is 6.08 Å². The van der Waals surface area contributed by atoms with E-state index in [0.29, 0.717) is 30.0 Å². The second-order valence-electron chi connectivity index (χ2n) is 8.05. The Balaban J connectivity index is 1.77. The van der Waals surface area contributed by atoms with Crippen LogP contribution in [-0.2, 0) is 9.59 Å². The molecule has 4 aliphatic carbocycles. The zero-order valence-corrected chi connectivity index (χ0v) is 13.0. The predicted octanol–water partition coefficient (Wildman–Crippen LogP) is 3.86. The maximum absolute atomic E-state index is 12.3. The molecule has 0 heterocycles. The highest BCUT2D eigenvalue weighted by atomic mass is 16.1. The van der Waals surface area contributed by atoms with Gasteiger partial charge in [-0.1, -0.05) is 26.0 Å². The first-order chi connectivity index (χ1) is 9.95. The molecule has 0 amide bonds. The molecule has 2 saturated carbocycles. The SMILES string of the molecule is C[C@]12CCC(=O)C=C1C=C[C@@H]1C2CC[C@]2(C)C(=O)CCC12. The maximum Gasteiger partial charge on any atom is 0.156 e. The maximum atomic E-state index is 12.3. The topological polar surface area (TPSA) is 34.1 Å². The lowest BCUT2D eigenvalue weighted by Gasteiger charge is -2.54. The van der Waals surface area contributed by atoms with Gasteiger partial charge in [-0.25, -0.2) is 0 Å². The molecule has 0 aliphatic heterocycles. The van der Waals surface area contributed by atoms with Crippen LogP contribution in [0.2, 0.25) is 0 Å². The molecule has 0 aromatic heterocycles. The zero-order chi connectivity index (χ0) is 14.8. The number of Topliss-reactive ketones (excluding diaryl/α,β-unsaturated/α-hetero) is 1. The van der Waals surface area contributed by atoms with Crippen LogP contribution in [0.25, 0.3) is 0 Å². The molecular weight excluding hydrogens is 260 g/mol. The summed E-state index contributed by atoms with van der Waals surface area (Å²) in [6.45, 7) is 4.56. The number of fused-ring (bicyclic) bond motifs is 5. The van der Waals surface area contributed by atoms with Crippen LogP contribution in [0.5, 0.6) is 0 Å². The third-order valence-corrected chi connectivity index (χ3v) is 7.22. The number of rotatable bonds is 0. The van der Waals surface area contributed by atoms with Crippen molar-refractivity contribution in [3.05, 3.63) is 23.8 Å². The summed E-state index contributed by atoms with van der Waals surface area (Å²) in [5.41, 5.74) is 1.32. The molecule has 112 valence electrons. The monoisotopic (exact) mass is 284 g/mol. The van der Waals surface area contributed by atoms with Crippen LogP contribution in [0, 0.1) is 28.6 Å². The summed E-state index contributed by atoms with van der Waals surface area (Å²) in [5.74, 6) is 2.44. The lowest BCUT2D eigenvalue weighted by molar-refractivity contribution is -0.130. The number of ketones is 2. The smallest absolute Gasteiger partial charge is 0.156 e. The number of carbonyl (C=O) groups excluding carboxylic acids is 2. The molecule has 2 fully saturated rings. The van der Waals surface area contributed by atoms with Gasteiger partial charge in [-0.3, -0.25) is 9.59 Å². The average Bonchev–Trinajstić information content (AvgIpc) is 2.76. The Labute approximate surface area is 126 Å². The fourth-order valence-electron chi connectivity index (χ4n) is 5.77. The minimum atomic E-state index is -0.0758. The standard InChI is InChI=1S/C19H24O2/c1-18-9-7-13(20)11-12(18)3-4-14-15-5-6-17(21)19(15,2)10-8-16(14)18/h3-4,11,14-16H,5-10H2,1-2H3/t14-,15?,16?,18-,19-/m0/s1. The van der Waals surface area contributed by atoms with Gasteiger partial charge in [0, 0.05) is 18.3 Å². The van der Waals surface area contributed by atoms with Gasteiger partial charge in [-0.05, 0) is 60.5 Å². The summed E-state index contributed by atoms with van der Waals surface area (Å²) in [4.78, 5) is 24.1. The van der Waals surface area contributed by atoms with Crippen LogP contribution < -0.4 is 0 Å². The van der Waals surface area contributed by atoms with Gasteiger partial charge in [0.2, 0.25) is 0 Å². The Morgan fingerprint density at radius 2 is 1.76 bits per heavy atom. The molecule has 0 N–H and O–H groups in total. The third kappa shape index (κ3) is 1.65. The third-order valence-electron chi connectivity index (χ3n) is 7.22. The van der Waals surface area contributed by atoms with E-state index < -0.39 is 0 Å². The molecule has 2 nitrogen and oxygen atoms in total. The molecule has 2 heteroatoms. The molecule has 0 aromatic rings.